The third-order valence-electron chi connectivity index (χ3n) is 6.37. The minimum atomic E-state index is -0.410. The van der Waals surface area contributed by atoms with E-state index in [1.165, 1.54) is 0 Å². The van der Waals surface area contributed by atoms with E-state index in [4.69, 9.17) is 9.47 Å². The molecule has 0 bridgehead atoms. The molecule has 4 heteroatoms. The standard InChI is InChI=1S/C30H50O4/c1-8-11-13-25(18-15-22(4)5)33-29(31)27-20-17-24(10-3)21-28(27)30(32)34-26(14-12-9-2)19-16-23(6)7/h17,20-23,25-26H,8-16,18-19H2,1-7H3. The van der Waals surface area contributed by atoms with Gasteiger partial charge in [0.25, 0.3) is 0 Å². The van der Waals surface area contributed by atoms with Crippen molar-refractivity contribution < 1.29 is 19.1 Å². The van der Waals surface area contributed by atoms with Crippen molar-refractivity contribution >= 4 is 11.9 Å². The first-order valence-electron chi connectivity index (χ1n) is 13.8. The van der Waals surface area contributed by atoms with Crippen LogP contribution in [-0.2, 0) is 15.9 Å². The van der Waals surface area contributed by atoms with Gasteiger partial charge in [-0.1, -0.05) is 80.2 Å². The van der Waals surface area contributed by atoms with Crippen molar-refractivity contribution in [2.45, 2.75) is 131 Å². The van der Waals surface area contributed by atoms with Crippen LogP contribution in [0.2, 0.25) is 0 Å². The highest BCUT2D eigenvalue weighted by atomic mass is 16.5. The van der Waals surface area contributed by atoms with Crippen LogP contribution in [0.15, 0.2) is 18.2 Å². The van der Waals surface area contributed by atoms with E-state index in [-0.39, 0.29) is 12.2 Å². The fourth-order valence-electron chi connectivity index (χ4n) is 4.01. The second-order valence-corrected chi connectivity index (χ2v) is 10.5. The fraction of sp³-hybridized carbons (Fsp3) is 0.733. The van der Waals surface area contributed by atoms with Crippen LogP contribution in [0, 0.1) is 11.8 Å². The molecular formula is C30H50O4. The van der Waals surface area contributed by atoms with Crippen molar-refractivity contribution in [2.24, 2.45) is 11.8 Å². The Balaban J connectivity index is 3.09. The first-order chi connectivity index (χ1) is 16.2. The van der Waals surface area contributed by atoms with Crippen LogP contribution in [0.4, 0.5) is 0 Å². The molecule has 0 N–H and O–H groups in total. The largest absolute Gasteiger partial charge is 0.459 e. The Morgan fingerprint density at radius 1 is 0.676 bits per heavy atom. The Hall–Kier alpha value is -1.84. The Kier molecular flexibility index (Phi) is 14.9. The van der Waals surface area contributed by atoms with Gasteiger partial charge in [-0.2, -0.15) is 0 Å². The van der Waals surface area contributed by atoms with Gasteiger partial charge in [0, 0.05) is 0 Å². The molecule has 2 atom stereocenters. The molecule has 194 valence electrons. The molecule has 0 amide bonds. The van der Waals surface area contributed by atoms with Crippen molar-refractivity contribution in [3.8, 4) is 0 Å². The molecule has 0 aromatic heterocycles. The van der Waals surface area contributed by atoms with E-state index in [1.54, 1.807) is 6.07 Å². The molecular weight excluding hydrogens is 424 g/mol. The van der Waals surface area contributed by atoms with E-state index in [0.29, 0.717) is 23.0 Å². The summed E-state index contributed by atoms with van der Waals surface area (Å²) in [4.78, 5) is 26.5. The topological polar surface area (TPSA) is 52.6 Å². The molecule has 0 aliphatic heterocycles. The summed E-state index contributed by atoms with van der Waals surface area (Å²) in [6.45, 7) is 15.1. The summed E-state index contributed by atoms with van der Waals surface area (Å²) in [5, 5.41) is 0. The molecule has 0 fully saturated rings. The number of rotatable bonds is 17. The SMILES string of the molecule is CCCCC(CCC(C)C)OC(=O)c1ccc(CC)cc1C(=O)OC(CCCC)CCC(C)C. The maximum atomic E-state index is 13.3. The van der Waals surface area contributed by atoms with Gasteiger partial charge in [0.2, 0.25) is 0 Å². The van der Waals surface area contributed by atoms with Gasteiger partial charge in [0.1, 0.15) is 12.2 Å². The Morgan fingerprint density at radius 2 is 1.15 bits per heavy atom. The van der Waals surface area contributed by atoms with Gasteiger partial charge >= 0.3 is 11.9 Å². The zero-order valence-electron chi connectivity index (χ0n) is 23.0. The maximum Gasteiger partial charge on any atom is 0.339 e. The number of benzene rings is 1. The summed E-state index contributed by atoms with van der Waals surface area (Å²) in [6, 6.07) is 5.47. The maximum absolute atomic E-state index is 13.3. The first-order valence-corrected chi connectivity index (χ1v) is 13.8. The molecule has 0 radical (unpaired) electrons. The van der Waals surface area contributed by atoms with Crippen LogP contribution < -0.4 is 0 Å². The van der Waals surface area contributed by atoms with E-state index in [1.807, 2.05) is 19.1 Å². The number of hydrogen-bond acceptors (Lipinski definition) is 4. The number of unbranched alkanes of at least 4 members (excludes halogenated alkanes) is 2. The summed E-state index contributed by atoms with van der Waals surface area (Å²) < 4.78 is 11.9. The molecule has 0 saturated heterocycles. The third-order valence-corrected chi connectivity index (χ3v) is 6.37. The van der Waals surface area contributed by atoms with Crippen LogP contribution in [0.25, 0.3) is 0 Å². The lowest BCUT2D eigenvalue weighted by Crippen LogP contribution is -2.24. The number of aryl methyl sites for hydroxylation is 1. The fourth-order valence-corrected chi connectivity index (χ4v) is 4.01. The Bertz CT molecular complexity index is 723. The summed E-state index contributed by atoms with van der Waals surface area (Å²) in [5.41, 5.74) is 1.68. The normalized spacial score (nSPS) is 13.2. The van der Waals surface area contributed by atoms with E-state index in [9.17, 15) is 9.59 Å². The minimum absolute atomic E-state index is 0.118. The van der Waals surface area contributed by atoms with E-state index in [2.05, 4.69) is 41.5 Å². The van der Waals surface area contributed by atoms with Crippen molar-refractivity contribution in [2.75, 3.05) is 0 Å². The van der Waals surface area contributed by atoms with Crippen LogP contribution in [0.5, 0.6) is 0 Å². The predicted molar refractivity (Wildman–Crippen MR) is 141 cm³/mol. The molecule has 34 heavy (non-hydrogen) atoms. The second kappa shape index (κ2) is 16.7. The zero-order valence-corrected chi connectivity index (χ0v) is 23.0. The predicted octanol–water partition coefficient (Wildman–Crippen LogP) is 8.55. The van der Waals surface area contributed by atoms with Gasteiger partial charge in [-0.15, -0.1) is 0 Å². The van der Waals surface area contributed by atoms with Crippen molar-refractivity contribution in [3.05, 3.63) is 34.9 Å². The van der Waals surface area contributed by atoms with Gasteiger partial charge in [-0.25, -0.2) is 9.59 Å². The molecule has 0 heterocycles. The van der Waals surface area contributed by atoms with Crippen LogP contribution >= 0.6 is 0 Å². The Labute approximate surface area is 209 Å². The summed E-state index contributed by atoms with van der Waals surface area (Å²) >= 11 is 0. The van der Waals surface area contributed by atoms with E-state index < -0.39 is 11.9 Å². The van der Waals surface area contributed by atoms with E-state index >= 15 is 0 Å². The number of hydrogen-bond donors (Lipinski definition) is 0. The van der Waals surface area contributed by atoms with Crippen LogP contribution in [0.3, 0.4) is 0 Å². The molecule has 1 rings (SSSR count). The van der Waals surface area contributed by atoms with Crippen molar-refractivity contribution in [1.82, 2.24) is 0 Å². The number of esters is 2. The molecule has 1 aromatic carbocycles. The van der Waals surface area contributed by atoms with Crippen molar-refractivity contribution in [1.29, 1.82) is 0 Å². The molecule has 2 unspecified atom stereocenters. The molecule has 0 spiro atoms. The number of ether oxygens (including phenoxy) is 2. The first kappa shape index (κ1) is 30.2. The van der Waals surface area contributed by atoms with E-state index in [0.717, 1.165) is 76.2 Å². The Morgan fingerprint density at radius 3 is 1.56 bits per heavy atom. The average molecular weight is 475 g/mol. The van der Waals surface area contributed by atoms with Crippen LogP contribution in [-0.4, -0.2) is 24.1 Å². The monoisotopic (exact) mass is 474 g/mol. The molecule has 0 aliphatic carbocycles. The lowest BCUT2D eigenvalue weighted by molar-refractivity contribution is 0.0196. The zero-order chi connectivity index (χ0) is 25.5. The smallest absolute Gasteiger partial charge is 0.339 e. The lowest BCUT2D eigenvalue weighted by atomic mass is 10.00. The highest BCUT2D eigenvalue weighted by Gasteiger charge is 2.25. The van der Waals surface area contributed by atoms with Crippen LogP contribution in [0.1, 0.15) is 139 Å². The third kappa shape index (κ3) is 11.5. The van der Waals surface area contributed by atoms with Crippen molar-refractivity contribution in [3.63, 3.8) is 0 Å². The summed E-state index contributed by atoms with van der Waals surface area (Å²) in [7, 11) is 0. The molecule has 1 aromatic rings. The van der Waals surface area contributed by atoms with Gasteiger partial charge in [0.15, 0.2) is 0 Å². The van der Waals surface area contributed by atoms with Gasteiger partial charge < -0.3 is 9.47 Å². The second-order valence-electron chi connectivity index (χ2n) is 10.5. The molecule has 4 nitrogen and oxygen atoms in total. The lowest BCUT2D eigenvalue weighted by Gasteiger charge is -2.21. The molecule has 0 aliphatic rings. The average Bonchev–Trinajstić information content (AvgIpc) is 2.81. The summed E-state index contributed by atoms with van der Waals surface area (Å²) in [5.74, 6) is 0.303. The highest BCUT2D eigenvalue weighted by molar-refractivity contribution is 6.03. The number of carbonyl (C=O) groups excluding carboxylic acids is 2. The van der Waals surface area contributed by atoms with Gasteiger partial charge in [-0.05, 0) is 74.5 Å². The molecule has 0 saturated carbocycles. The number of carbonyl (C=O) groups is 2. The van der Waals surface area contributed by atoms with Gasteiger partial charge in [-0.3, -0.25) is 0 Å². The van der Waals surface area contributed by atoms with Gasteiger partial charge in [0.05, 0.1) is 11.1 Å². The highest BCUT2D eigenvalue weighted by Crippen LogP contribution is 2.23. The summed E-state index contributed by atoms with van der Waals surface area (Å²) in [6.07, 6.45) is 10.2. The minimum Gasteiger partial charge on any atom is -0.459 e. The quantitative estimate of drug-likeness (QED) is 0.212.